The highest BCUT2D eigenvalue weighted by Crippen LogP contribution is 2.19. The second kappa shape index (κ2) is 6.00. The third-order valence-corrected chi connectivity index (χ3v) is 2.98. The molecule has 20 heavy (non-hydrogen) atoms. The van der Waals surface area contributed by atoms with E-state index in [1.54, 1.807) is 6.07 Å². The van der Waals surface area contributed by atoms with Gasteiger partial charge in [-0.15, -0.1) is 0 Å². The fourth-order valence-corrected chi connectivity index (χ4v) is 2.12. The largest absolute Gasteiger partial charge is 0.457 e. The molecule has 2 aromatic carbocycles. The zero-order valence-electron chi connectivity index (χ0n) is 10.2. The lowest BCUT2D eigenvalue weighted by atomic mass is 10.2. The van der Waals surface area contributed by atoms with Crippen molar-refractivity contribution in [3.8, 4) is 0 Å². The van der Waals surface area contributed by atoms with E-state index in [1.807, 2.05) is 0 Å². The van der Waals surface area contributed by atoms with Crippen molar-refractivity contribution in [2.24, 2.45) is 0 Å². The van der Waals surface area contributed by atoms with Crippen molar-refractivity contribution < 1.29 is 18.3 Å². The van der Waals surface area contributed by atoms with Gasteiger partial charge in [0.1, 0.15) is 18.2 Å². The molecule has 0 aliphatic heterocycles. The zero-order valence-corrected chi connectivity index (χ0v) is 11.8. The Hall–Kier alpha value is -1.95. The van der Waals surface area contributed by atoms with E-state index in [9.17, 15) is 13.6 Å². The van der Waals surface area contributed by atoms with E-state index in [-0.39, 0.29) is 17.7 Å². The number of halogens is 3. The molecule has 0 aliphatic rings. The molecule has 3 nitrogen and oxygen atoms in total. The van der Waals surface area contributed by atoms with Crippen LogP contribution in [0.3, 0.4) is 0 Å². The average molecular weight is 342 g/mol. The third-order valence-electron chi connectivity index (χ3n) is 2.52. The third kappa shape index (κ3) is 3.54. The molecule has 0 atom stereocenters. The molecule has 0 radical (unpaired) electrons. The molecule has 0 fully saturated rings. The van der Waals surface area contributed by atoms with Gasteiger partial charge < -0.3 is 10.5 Å². The molecule has 0 heterocycles. The van der Waals surface area contributed by atoms with Gasteiger partial charge in [-0.1, -0.05) is 15.9 Å². The predicted molar refractivity (Wildman–Crippen MR) is 74.0 cm³/mol. The standard InChI is InChI=1S/C14H10BrF2NO2/c15-10-3-8(5-12(18)6-10)14(19)20-7-9-4-11(16)1-2-13(9)17/h1-6H,7,18H2. The second-order valence-electron chi connectivity index (χ2n) is 4.09. The van der Waals surface area contributed by atoms with Crippen LogP contribution in [-0.2, 0) is 11.3 Å². The topological polar surface area (TPSA) is 52.3 Å². The number of carbonyl (C=O) groups excluding carboxylic acids is 1. The summed E-state index contributed by atoms with van der Waals surface area (Å²) in [7, 11) is 0. The Morgan fingerprint density at radius 2 is 1.95 bits per heavy atom. The molecule has 2 N–H and O–H groups in total. The van der Waals surface area contributed by atoms with Gasteiger partial charge in [0.2, 0.25) is 0 Å². The summed E-state index contributed by atoms with van der Waals surface area (Å²) >= 11 is 3.20. The summed E-state index contributed by atoms with van der Waals surface area (Å²) in [4.78, 5) is 11.8. The number of ether oxygens (including phenoxy) is 1. The molecule has 0 saturated carbocycles. The second-order valence-corrected chi connectivity index (χ2v) is 5.00. The van der Waals surface area contributed by atoms with Crippen molar-refractivity contribution >= 4 is 27.6 Å². The summed E-state index contributed by atoms with van der Waals surface area (Å²) in [5.41, 5.74) is 6.20. The van der Waals surface area contributed by atoms with Crippen LogP contribution in [0.4, 0.5) is 14.5 Å². The van der Waals surface area contributed by atoms with Crippen LogP contribution in [0.2, 0.25) is 0 Å². The molecule has 0 spiro atoms. The Bertz CT molecular complexity index is 641. The Balaban J connectivity index is 2.10. The molecule has 6 heteroatoms. The molecule has 2 aromatic rings. The summed E-state index contributed by atoms with van der Waals surface area (Å²) in [5.74, 6) is -1.89. The van der Waals surface area contributed by atoms with Crippen LogP contribution in [0.1, 0.15) is 15.9 Å². The Kier molecular flexibility index (Phi) is 4.34. The lowest BCUT2D eigenvalue weighted by molar-refractivity contribution is 0.0468. The smallest absolute Gasteiger partial charge is 0.338 e. The van der Waals surface area contributed by atoms with E-state index in [1.165, 1.54) is 12.1 Å². The molecule has 0 aliphatic carbocycles. The van der Waals surface area contributed by atoms with Crippen LogP contribution in [0.5, 0.6) is 0 Å². The van der Waals surface area contributed by atoms with Crippen molar-refractivity contribution in [2.45, 2.75) is 6.61 Å². The maximum Gasteiger partial charge on any atom is 0.338 e. The summed E-state index contributed by atoms with van der Waals surface area (Å²) in [6.45, 7) is -0.352. The first-order chi connectivity index (χ1) is 9.45. The molecular weight excluding hydrogens is 332 g/mol. The summed E-state index contributed by atoms with van der Waals surface area (Å²) in [5, 5.41) is 0. The molecule has 104 valence electrons. The number of hydrogen-bond acceptors (Lipinski definition) is 3. The van der Waals surface area contributed by atoms with Crippen LogP contribution < -0.4 is 5.73 Å². The van der Waals surface area contributed by atoms with Crippen LogP contribution >= 0.6 is 15.9 Å². The highest BCUT2D eigenvalue weighted by atomic mass is 79.9. The van der Waals surface area contributed by atoms with E-state index in [4.69, 9.17) is 10.5 Å². The monoisotopic (exact) mass is 341 g/mol. The van der Waals surface area contributed by atoms with Crippen molar-refractivity contribution in [3.05, 3.63) is 63.6 Å². The first kappa shape index (κ1) is 14.5. The Morgan fingerprint density at radius 3 is 2.65 bits per heavy atom. The summed E-state index contributed by atoms with van der Waals surface area (Å²) in [6, 6.07) is 7.56. The number of benzene rings is 2. The zero-order chi connectivity index (χ0) is 14.7. The first-order valence-corrected chi connectivity index (χ1v) is 6.42. The number of nitrogens with two attached hydrogens (primary N) is 1. The first-order valence-electron chi connectivity index (χ1n) is 5.63. The number of hydrogen-bond donors (Lipinski definition) is 1. The molecule has 0 bridgehead atoms. The predicted octanol–water partition coefficient (Wildman–Crippen LogP) is 3.67. The highest BCUT2D eigenvalue weighted by molar-refractivity contribution is 9.10. The van der Waals surface area contributed by atoms with E-state index in [0.29, 0.717) is 10.2 Å². The SMILES string of the molecule is Nc1cc(Br)cc(C(=O)OCc2cc(F)ccc2F)c1. The van der Waals surface area contributed by atoms with Crippen molar-refractivity contribution in [1.82, 2.24) is 0 Å². The normalized spacial score (nSPS) is 10.3. The van der Waals surface area contributed by atoms with E-state index in [0.717, 1.165) is 18.2 Å². The van der Waals surface area contributed by atoms with E-state index < -0.39 is 17.6 Å². The number of nitrogen functional groups attached to an aromatic ring is 1. The van der Waals surface area contributed by atoms with Crippen LogP contribution in [0.25, 0.3) is 0 Å². The number of rotatable bonds is 3. The van der Waals surface area contributed by atoms with Gasteiger partial charge in [0.25, 0.3) is 0 Å². The Labute approximate surface area is 122 Å². The van der Waals surface area contributed by atoms with Gasteiger partial charge in [0.05, 0.1) is 5.56 Å². The van der Waals surface area contributed by atoms with Crippen LogP contribution in [0.15, 0.2) is 40.9 Å². The lowest BCUT2D eigenvalue weighted by Gasteiger charge is -2.07. The van der Waals surface area contributed by atoms with Crippen LogP contribution in [-0.4, -0.2) is 5.97 Å². The fraction of sp³-hybridized carbons (Fsp3) is 0.0714. The van der Waals surface area contributed by atoms with Crippen molar-refractivity contribution in [2.75, 3.05) is 5.73 Å². The van der Waals surface area contributed by atoms with Gasteiger partial charge in [0, 0.05) is 15.7 Å². The maximum atomic E-state index is 13.4. The lowest BCUT2D eigenvalue weighted by Crippen LogP contribution is -2.07. The molecular formula is C14H10BrF2NO2. The molecule has 0 amide bonds. The molecule has 2 rings (SSSR count). The van der Waals surface area contributed by atoms with E-state index in [2.05, 4.69) is 15.9 Å². The van der Waals surface area contributed by atoms with Gasteiger partial charge >= 0.3 is 5.97 Å². The van der Waals surface area contributed by atoms with Crippen LogP contribution in [0, 0.1) is 11.6 Å². The molecule has 0 saturated heterocycles. The average Bonchev–Trinajstić information content (AvgIpc) is 2.38. The van der Waals surface area contributed by atoms with Gasteiger partial charge in [-0.2, -0.15) is 0 Å². The van der Waals surface area contributed by atoms with Gasteiger partial charge in [-0.3, -0.25) is 0 Å². The minimum Gasteiger partial charge on any atom is -0.457 e. The van der Waals surface area contributed by atoms with Crippen molar-refractivity contribution in [1.29, 1.82) is 0 Å². The number of carbonyl (C=O) groups is 1. The molecule has 0 aromatic heterocycles. The van der Waals surface area contributed by atoms with Gasteiger partial charge in [-0.05, 0) is 36.4 Å². The quantitative estimate of drug-likeness (QED) is 0.684. The highest BCUT2D eigenvalue weighted by Gasteiger charge is 2.11. The fourth-order valence-electron chi connectivity index (χ4n) is 1.61. The number of esters is 1. The Morgan fingerprint density at radius 1 is 1.20 bits per heavy atom. The summed E-state index contributed by atoms with van der Waals surface area (Å²) in [6.07, 6.45) is 0. The molecule has 0 unspecified atom stereocenters. The maximum absolute atomic E-state index is 13.4. The van der Waals surface area contributed by atoms with Gasteiger partial charge in [-0.25, -0.2) is 13.6 Å². The van der Waals surface area contributed by atoms with Crippen molar-refractivity contribution in [3.63, 3.8) is 0 Å². The van der Waals surface area contributed by atoms with Gasteiger partial charge in [0.15, 0.2) is 0 Å². The summed E-state index contributed by atoms with van der Waals surface area (Å²) < 4.78 is 31.9. The van der Waals surface area contributed by atoms with E-state index >= 15 is 0 Å². The minimum absolute atomic E-state index is 0.0266. The minimum atomic E-state index is -0.665. The number of anilines is 1.